The summed E-state index contributed by atoms with van der Waals surface area (Å²) in [7, 11) is 1.52. The Morgan fingerprint density at radius 2 is 1.52 bits per heavy atom. The number of carbonyl (C=O) groups is 1. The molecule has 0 saturated carbocycles. The Hall–Kier alpha value is -2.45. The second kappa shape index (κ2) is 5.15. The van der Waals surface area contributed by atoms with Crippen LogP contribution in [0.25, 0.3) is 0 Å². The van der Waals surface area contributed by atoms with Gasteiger partial charge in [-0.1, -0.05) is 0 Å². The van der Waals surface area contributed by atoms with E-state index in [-0.39, 0.29) is 5.69 Å². The minimum Gasteiger partial charge on any atom is -0.315 e. The number of aromatic nitrogens is 2. The smallest absolute Gasteiger partial charge is 0.276 e. The number of benzene rings is 1. The van der Waals surface area contributed by atoms with Gasteiger partial charge in [-0.15, -0.1) is 0 Å². The first kappa shape index (κ1) is 14.9. The molecule has 1 heterocycles. The molecular weight excluding hydrogens is 297 g/mol. The first-order valence-electron chi connectivity index (χ1n) is 5.57. The lowest BCUT2D eigenvalue weighted by atomic mass is 10.2. The van der Waals surface area contributed by atoms with Gasteiger partial charge < -0.3 is 5.32 Å². The summed E-state index contributed by atoms with van der Waals surface area (Å²) in [5.41, 5.74) is -1.07. The predicted molar refractivity (Wildman–Crippen MR) is 62.1 cm³/mol. The Labute approximate surface area is 115 Å². The van der Waals surface area contributed by atoms with E-state index in [2.05, 4.69) is 5.10 Å². The third kappa shape index (κ3) is 2.46. The monoisotopic (exact) mass is 305 g/mol. The van der Waals surface area contributed by atoms with Crippen LogP contribution in [0.1, 0.15) is 16.2 Å². The van der Waals surface area contributed by atoms with Crippen LogP contribution in [-0.4, -0.2) is 15.7 Å². The van der Waals surface area contributed by atoms with Gasteiger partial charge in [0.05, 0.1) is 0 Å². The fourth-order valence-electron chi connectivity index (χ4n) is 1.56. The SMILES string of the molecule is Cc1cc(C(=O)Nc2c(F)c(F)c(F)c(F)c2F)nn1C. The molecule has 1 N–H and O–H groups in total. The Kier molecular flexibility index (Phi) is 3.67. The number of carbonyl (C=O) groups excluding carboxylic acids is 1. The fourth-order valence-corrected chi connectivity index (χ4v) is 1.56. The average Bonchev–Trinajstić information content (AvgIpc) is 2.79. The normalized spacial score (nSPS) is 10.8. The maximum Gasteiger partial charge on any atom is 0.276 e. The summed E-state index contributed by atoms with van der Waals surface area (Å²) < 4.78 is 67.0. The number of nitrogens with zero attached hydrogens (tertiary/aromatic N) is 2. The zero-order valence-corrected chi connectivity index (χ0v) is 10.8. The molecule has 0 bridgehead atoms. The topological polar surface area (TPSA) is 46.9 Å². The van der Waals surface area contributed by atoms with Crippen molar-refractivity contribution in [3.8, 4) is 0 Å². The van der Waals surface area contributed by atoms with Gasteiger partial charge in [-0.3, -0.25) is 9.48 Å². The molecule has 0 saturated heterocycles. The lowest BCUT2D eigenvalue weighted by Gasteiger charge is -2.08. The van der Waals surface area contributed by atoms with Crippen molar-refractivity contribution in [3.05, 3.63) is 46.5 Å². The van der Waals surface area contributed by atoms with Gasteiger partial charge in [0.25, 0.3) is 5.91 Å². The Bertz CT molecular complexity index is 692. The number of amides is 1. The molecule has 0 aliphatic heterocycles. The fraction of sp³-hybridized carbons (Fsp3) is 0.167. The van der Waals surface area contributed by atoms with Gasteiger partial charge in [-0.2, -0.15) is 5.10 Å². The number of halogens is 5. The van der Waals surface area contributed by atoms with Crippen molar-refractivity contribution in [1.82, 2.24) is 9.78 Å². The first-order chi connectivity index (χ1) is 9.73. The molecule has 1 aromatic carbocycles. The van der Waals surface area contributed by atoms with Gasteiger partial charge in [0, 0.05) is 12.7 Å². The highest BCUT2D eigenvalue weighted by molar-refractivity contribution is 6.03. The highest BCUT2D eigenvalue weighted by atomic mass is 19.2. The van der Waals surface area contributed by atoms with Crippen LogP contribution in [0, 0.1) is 36.0 Å². The second-order valence-electron chi connectivity index (χ2n) is 4.19. The van der Waals surface area contributed by atoms with E-state index in [1.807, 2.05) is 0 Å². The molecule has 0 fully saturated rings. The summed E-state index contributed by atoms with van der Waals surface area (Å²) >= 11 is 0. The van der Waals surface area contributed by atoms with Crippen molar-refractivity contribution in [3.63, 3.8) is 0 Å². The van der Waals surface area contributed by atoms with E-state index in [0.29, 0.717) is 5.69 Å². The maximum absolute atomic E-state index is 13.4. The molecule has 2 rings (SSSR count). The van der Waals surface area contributed by atoms with Crippen molar-refractivity contribution < 1.29 is 26.7 Å². The highest BCUT2D eigenvalue weighted by Crippen LogP contribution is 2.27. The van der Waals surface area contributed by atoms with Crippen LogP contribution in [0.2, 0.25) is 0 Å². The van der Waals surface area contributed by atoms with Gasteiger partial charge in [0.15, 0.2) is 29.0 Å². The average molecular weight is 305 g/mol. The van der Waals surface area contributed by atoms with Crippen molar-refractivity contribution in [2.24, 2.45) is 7.05 Å². The first-order valence-corrected chi connectivity index (χ1v) is 5.57. The largest absolute Gasteiger partial charge is 0.315 e. The maximum atomic E-state index is 13.4. The van der Waals surface area contributed by atoms with Gasteiger partial charge in [0.1, 0.15) is 5.69 Å². The number of hydrogen-bond acceptors (Lipinski definition) is 2. The van der Waals surface area contributed by atoms with Gasteiger partial charge in [-0.05, 0) is 13.0 Å². The van der Waals surface area contributed by atoms with Crippen LogP contribution in [0.4, 0.5) is 27.6 Å². The molecule has 1 amide bonds. The summed E-state index contributed by atoms with van der Waals surface area (Å²) in [5, 5.41) is 5.36. The summed E-state index contributed by atoms with van der Waals surface area (Å²) in [4.78, 5) is 11.7. The molecule has 1 aromatic heterocycles. The van der Waals surface area contributed by atoms with Crippen LogP contribution in [0.15, 0.2) is 6.07 Å². The molecule has 9 heteroatoms. The van der Waals surface area contributed by atoms with Crippen molar-refractivity contribution in [1.29, 1.82) is 0 Å². The van der Waals surface area contributed by atoms with Gasteiger partial charge >= 0.3 is 0 Å². The van der Waals surface area contributed by atoms with Gasteiger partial charge in [0.2, 0.25) is 5.82 Å². The standard InChI is InChI=1S/C12H8F5N3O/c1-4-3-5(19-20(4)2)12(21)18-11-9(16)7(14)6(13)8(15)10(11)17/h3H,1-2H3,(H,18,21). The molecule has 112 valence electrons. The van der Waals surface area contributed by atoms with Crippen LogP contribution in [-0.2, 0) is 7.05 Å². The molecule has 2 aromatic rings. The Balaban J connectivity index is 2.42. The summed E-state index contributed by atoms with van der Waals surface area (Å²) in [6, 6.07) is 1.29. The Morgan fingerprint density at radius 3 is 1.95 bits per heavy atom. The lowest BCUT2D eigenvalue weighted by Crippen LogP contribution is -2.17. The number of nitrogens with one attached hydrogen (secondary N) is 1. The van der Waals surface area contributed by atoms with Gasteiger partial charge in [-0.25, -0.2) is 22.0 Å². The quantitative estimate of drug-likeness (QED) is 0.527. The van der Waals surface area contributed by atoms with Crippen LogP contribution in [0.5, 0.6) is 0 Å². The number of aryl methyl sites for hydroxylation is 2. The van der Waals surface area contributed by atoms with E-state index in [0.717, 1.165) is 0 Å². The van der Waals surface area contributed by atoms with Crippen molar-refractivity contribution in [2.75, 3.05) is 5.32 Å². The van der Waals surface area contributed by atoms with Crippen molar-refractivity contribution in [2.45, 2.75) is 6.92 Å². The van der Waals surface area contributed by atoms with E-state index in [1.54, 1.807) is 12.2 Å². The third-order valence-corrected chi connectivity index (χ3v) is 2.79. The summed E-state index contributed by atoms with van der Waals surface area (Å²) in [6.45, 7) is 1.61. The van der Waals surface area contributed by atoms with E-state index in [4.69, 9.17) is 0 Å². The molecule has 4 nitrogen and oxygen atoms in total. The van der Waals surface area contributed by atoms with E-state index >= 15 is 0 Å². The minimum atomic E-state index is -2.29. The van der Waals surface area contributed by atoms with Crippen LogP contribution in [0.3, 0.4) is 0 Å². The third-order valence-electron chi connectivity index (χ3n) is 2.79. The molecule has 0 spiro atoms. The summed E-state index contributed by atoms with van der Waals surface area (Å²) in [5.74, 6) is -11.9. The van der Waals surface area contributed by atoms with E-state index < -0.39 is 40.7 Å². The van der Waals surface area contributed by atoms with Crippen molar-refractivity contribution >= 4 is 11.6 Å². The number of anilines is 1. The molecule has 0 radical (unpaired) electrons. The predicted octanol–water partition coefficient (Wildman–Crippen LogP) is 2.68. The molecule has 0 aliphatic rings. The Morgan fingerprint density at radius 1 is 1.05 bits per heavy atom. The lowest BCUT2D eigenvalue weighted by molar-refractivity contribution is 0.102. The molecule has 0 atom stereocenters. The molecule has 21 heavy (non-hydrogen) atoms. The van der Waals surface area contributed by atoms with Crippen LogP contribution >= 0.6 is 0 Å². The number of hydrogen-bond donors (Lipinski definition) is 1. The second-order valence-corrected chi connectivity index (χ2v) is 4.19. The zero-order chi connectivity index (χ0) is 15.9. The van der Waals surface area contributed by atoms with E-state index in [9.17, 15) is 26.7 Å². The molecular formula is C12H8F5N3O. The van der Waals surface area contributed by atoms with Crippen LogP contribution < -0.4 is 5.32 Å². The zero-order valence-electron chi connectivity index (χ0n) is 10.8. The minimum absolute atomic E-state index is 0.223. The molecule has 0 unspecified atom stereocenters. The van der Waals surface area contributed by atoms with E-state index in [1.165, 1.54) is 17.8 Å². The molecule has 0 aliphatic carbocycles. The summed E-state index contributed by atoms with van der Waals surface area (Å²) in [6.07, 6.45) is 0. The highest BCUT2D eigenvalue weighted by Gasteiger charge is 2.27. The number of rotatable bonds is 2.